The van der Waals surface area contributed by atoms with Gasteiger partial charge < -0.3 is 14.2 Å². The van der Waals surface area contributed by atoms with Gasteiger partial charge in [-0.25, -0.2) is 13.2 Å². The summed E-state index contributed by atoms with van der Waals surface area (Å²) in [6, 6.07) is 1.53. The highest BCUT2D eigenvalue weighted by atomic mass is 32.2. The first-order valence-corrected chi connectivity index (χ1v) is 11.9. The first-order chi connectivity index (χ1) is 13.2. The van der Waals surface area contributed by atoms with Gasteiger partial charge in [0.1, 0.15) is 0 Å². The van der Waals surface area contributed by atoms with Crippen molar-refractivity contribution >= 4 is 21.7 Å². The summed E-state index contributed by atoms with van der Waals surface area (Å²) in [6.45, 7) is 6.22. The zero-order chi connectivity index (χ0) is 20.5. The molecule has 2 heterocycles. The van der Waals surface area contributed by atoms with Crippen LogP contribution in [0.2, 0.25) is 0 Å². The number of carbonyl (C=O) groups is 2. The minimum Gasteiger partial charge on any atom is -0.452 e. The second-order valence-electron chi connectivity index (χ2n) is 7.90. The number of esters is 1. The molecule has 0 spiro atoms. The lowest BCUT2D eigenvalue weighted by Crippen LogP contribution is -2.48. The van der Waals surface area contributed by atoms with Crippen molar-refractivity contribution in [2.24, 2.45) is 0 Å². The van der Waals surface area contributed by atoms with Gasteiger partial charge in [0.2, 0.25) is 0 Å². The van der Waals surface area contributed by atoms with Gasteiger partial charge in [0.05, 0.1) is 17.1 Å². The topological polar surface area (TPSA) is 85.7 Å². The minimum absolute atomic E-state index is 0.0147. The highest BCUT2D eigenvalue weighted by Crippen LogP contribution is 2.29. The highest BCUT2D eigenvalue weighted by molar-refractivity contribution is 7.91. The Bertz CT molecular complexity index is 852. The molecule has 0 aromatic carbocycles. The van der Waals surface area contributed by atoms with E-state index in [1.807, 2.05) is 25.3 Å². The normalized spacial score (nSPS) is 21.8. The lowest BCUT2D eigenvalue weighted by molar-refractivity contribution is -0.139. The fraction of sp³-hybridized carbons (Fsp3) is 0.700. The van der Waals surface area contributed by atoms with Crippen LogP contribution in [0.25, 0.3) is 0 Å². The maximum absolute atomic E-state index is 12.9. The second kappa shape index (κ2) is 8.27. The molecule has 1 amide bonds. The third kappa shape index (κ3) is 4.26. The molecule has 1 aromatic rings. The summed E-state index contributed by atoms with van der Waals surface area (Å²) in [5.41, 5.74) is 2.28. The van der Waals surface area contributed by atoms with Gasteiger partial charge in [-0.1, -0.05) is 12.8 Å². The van der Waals surface area contributed by atoms with Gasteiger partial charge in [0.15, 0.2) is 16.4 Å². The van der Waals surface area contributed by atoms with Crippen LogP contribution in [0.1, 0.15) is 60.8 Å². The molecule has 7 nitrogen and oxygen atoms in total. The van der Waals surface area contributed by atoms with E-state index in [1.54, 1.807) is 11.0 Å². The molecule has 0 unspecified atom stereocenters. The number of ether oxygens (including phenoxy) is 1. The number of hydrogen-bond donors (Lipinski definition) is 0. The van der Waals surface area contributed by atoms with E-state index in [1.165, 1.54) is 0 Å². The highest BCUT2D eigenvalue weighted by Gasteiger charge is 2.39. The average Bonchev–Trinajstić information content (AvgIpc) is 3.34. The summed E-state index contributed by atoms with van der Waals surface area (Å²) in [5, 5.41) is 0. The van der Waals surface area contributed by atoms with E-state index in [9.17, 15) is 18.0 Å². The third-order valence-corrected chi connectivity index (χ3v) is 7.79. The minimum atomic E-state index is -3.09. The molecule has 1 saturated carbocycles. The zero-order valence-corrected chi connectivity index (χ0v) is 17.8. The molecule has 1 aliphatic carbocycles. The maximum atomic E-state index is 12.9. The van der Waals surface area contributed by atoms with E-state index in [0.717, 1.165) is 43.6 Å². The molecule has 156 valence electrons. The molecule has 1 aromatic heterocycles. The van der Waals surface area contributed by atoms with Crippen molar-refractivity contribution in [1.29, 1.82) is 0 Å². The van der Waals surface area contributed by atoms with E-state index in [2.05, 4.69) is 0 Å². The van der Waals surface area contributed by atoms with Crippen LogP contribution < -0.4 is 0 Å². The van der Waals surface area contributed by atoms with Gasteiger partial charge in [-0.2, -0.15) is 0 Å². The predicted octanol–water partition coefficient (Wildman–Crippen LogP) is 2.24. The third-order valence-electron chi connectivity index (χ3n) is 6.04. The molecule has 2 aliphatic rings. The zero-order valence-electron chi connectivity index (χ0n) is 16.9. The standard InChI is InChI=1S/C20H30N2O5S/c1-4-21-14(2)11-18(15(21)3)20(24)27-12-19(23)22(16-7-5-6-8-16)17-9-10-28(25,26)13-17/h11,16-17H,4-10,12-13H2,1-3H3/t17-/m0/s1. The Morgan fingerprint density at radius 3 is 2.39 bits per heavy atom. The Hall–Kier alpha value is -1.83. The van der Waals surface area contributed by atoms with Crippen molar-refractivity contribution in [3.8, 4) is 0 Å². The predicted molar refractivity (Wildman–Crippen MR) is 106 cm³/mol. The Kier molecular flexibility index (Phi) is 6.17. The Morgan fingerprint density at radius 2 is 1.86 bits per heavy atom. The molecular weight excluding hydrogens is 380 g/mol. The van der Waals surface area contributed by atoms with Crippen molar-refractivity contribution in [1.82, 2.24) is 9.47 Å². The Balaban J connectivity index is 1.69. The lowest BCUT2D eigenvalue weighted by Gasteiger charge is -2.33. The summed E-state index contributed by atoms with van der Waals surface area (Å²) in [7, 11) is -3.09. The molecule has 28 heavy (non-hydrogen) atoms. The smallest absolute Gasteiger partial charge is 0.340 e. The molecule has 1 saturated heterocycles. The van der Waals surface area contributed by atoms with Crippen LogP contribution in [0.5, 0.6) is 0 Å². The number of amides is 1. The molecule has 2 fully saturated rings. The number of sulfone groups is 1. The van der Waals surface area contributed by atoms with E-state index >= 15 is 0 Å². The fourth-order valence-electron chi connectivity index (χ4n) is 4.66. The Labute approximate surface area is 166 Å². The van der Waals surface area contributed by atoms with Crippen LogP contribution in [-0.2, 0) is 25.9 Å². The average molecular weight is 411 g/mol. The first-order valence-electron chi connectivity index (χ1n) is 10.1. The summed E-state index contributed by atoms with van der Waals surface area (Å²) in [6.07, 6.45) is 4.31. The van der Waals surface area contributed by atoms with Gasteiger partial charge >= 0.3 is 5.97 Å². The quantitative estimate of drug-likeness (QED) is 0.672. The molecule has 0 radical (unpaired) electrons. The number of rotatable bonds is 6. The van der Waals surface area contributed by atoms with Gasteiger partial charge in [0.25, 0.3) is 5.91 Å². The molecule has 0 N–H and O–H groups in total. The van der Waals surface area contributed by atoms with E-state index in [4.69, 9.17) is 4.74 Å². The molecule has 1 atom stereocenters. The van der Waals surface area contributed by atoms with Crippen molar-refractivity contribution in [3.05, 3.63) is 23.0 Å². The molecular formula is C20H30N2O5S. The van der Waals surface area contributed by atoms with E-state index < -0.39 is 15.8 Å². The van der Waals surface area contributed by atoms with Gasteiger partial charge in [-0.15, -0.1) is 0 Å². The first kappa shape index (κ1) is 20.9. The van der Waals surface area contributed by atoms with Crippen molar-refractivity contribution in [3.63, 3.8) is 0 Å². The van der Waals surface area contributed by atoms with Gasteiger partial charge in [-0.3, -0.25) is 4.79 Å². The lowest BCUT2D eigenvalue weighted by atomic mass is 10.1. The Morgan fingerprint density at radius 1 is 1.18 bits per heavy atom. The molecule has 3 rings (SSSR count). The SMILES string of the molecule is CCn1c(C)cc(C(=O)OCC(=O)N(C2CCCC2)[C@H]2CCS(=O)(=O)C2)c1C. The number of carbonyl (C=O) groups excluding carboxylic acids is 2. The molecule has 1 aliphatic heterocycles. The number of hydrogen-bond acceptors (Lipinski definition) is 5. The fourth-order valence-corrected chi connectivity index (χ4v) is 6.37. The van der Waals surface area contributed by atoms with Gasteiger partial charge in [-0.05, 0) is 46.1 Å². The molecule has 8 heteroatoms. The number of nitrogens with zero attached hydrogens (tertiary/aromatic N) is 2. The largest absolute Gasteiger partial charge is 0.452 e. The maximum Gasteiger partial charge on any atom is 0.340 e. The summed E-state index contributed by atoms with van der Waals surface area (Å²) in [4.78, 5) is 27.2. The van der Waals surface area contributed by atoms with Crippen LogP contribution in [-0.4, -0.2) is 60.0 Å². The van der Waals surface area contributed by atoms with Crippen molar-refractivity contribution in [2.45, 2.75) is 71.5 Å². The molecule has 0 bridgehead atoms. The summed E-state index contributed by atoms with van der Waals surface area (Å²) >= 11 is 0. The van der Waals surface area contributed by atoms with Crippen LogP contribution in [0.15, 0.2) is 6.07 Å². The van der Waals surface area contributed by atoms with Crippen LogP contribution >= 0.6 is 0 Å². The van der Waals surface area contributed by atoms with E-state index in [-0.39, 0.29) is 36.1 Å². The van der Waals surface area contributed by atoms with Gasteiger partial charge in [0, 0.05) is 30.0 Å². The number of aromatic nitrogens is 1. The van der Waals surface area contributed by atoms with E-state index in [0.29, 0.717) is 12.0 Å². The second-order valence-corrected chi connectivity index (χ2v) is 10.1. The van der Waals surface area contributed by atoms with Crippen LogP contribution in [0.3, 0.4) is 0 Å². The summed E-state index contributed by atoms with van der Waals surface area (Å²) < 4.78 is 31.2. The van der Waals surface area contributed by atoms with Crippen LogP contribution in [0, 0.1) is 13.8 Å². The van der Waals surface area contributed by atoms with Crippen LogP contribution in [0.4, 0.5) is 0 Å². The van der Waals surface area contributed by atoms with Crippen molar-refractivity contribution in [2.75, 3.05) is 18.1 Å². The summed E-state index contributed by atoms with van der Waals surface area (Å²) in [5.74, 6) is -0.657. The number of aryl methyl sites for hydroxylation is 1. The monoisotopic (exact) mass is 410 g/mol. The van der Waals surface area contributed by atoms with Crippen molar-refractivity contribution < 1.29 is 22.7 Å².